The maximum atomic E-state index is 14.2. The fourth-order valence-electron chi connectivity index (χ4n) is 5.18. The van der Waals surface area contributed by atoms with E-state index in [9.17, 15) is 13.6 Å². The number of nitrogens with zero attached hydrogens (tertiary/aromatic N) is 4. The van der Waals surface area contributed by atoms with Crippen LogP contribution in [0.1, 0.15) is 43.2 Å². The number of anilines is 1. The van der Waals surface area contributed by atoms with Crippen LogP contribution in [0.25, 0.3) is 27.7 Å². The van der Waals surface area contributed by atoms with Gasteiger partial charge in [-0.15, -0.1) is 0 Å². The third-order valence-corrected chi connectivity index (χ3v) is 6.37. The molecule has 1 aliphatic rings. The average molecular weight is 452 g/mol. The van der Waals surface area contributed by atoms with Gasteiger partial charge in [0.1, 0.15) is 5.65 Å². The van der Waals surface area contributed by atoms with E-state index >= 15 is 0 Å². The maximum absolute atomic E-state index is 14.2. The lowest BCUT2D eigenvalue weighted by Crippen LogP contribution is -2.39. The minimum Gasteiger partial charge on any atom is -0.370 e. The first-order valence-corrected chi connectivity index (χ1v) is 11.4. The van der Waals surface area contributed by atoms with Crippen molar-refractivity contribution in [2.24, 2.45) is 11.8 Å². The van der Waals surface area contributed by atoms with Gasteiger partial charge in [-0.25, -0.2) is 18.7 Å². The van der Waals surface area contributed by atoms with Gasteiger partial charge in [0.05, 0.1) is 16.6 Å². The standard InChI is InChI=1S/C25H27F2N5O/c1-5-28-25(33)17-8-16-21(31-11-13(2)6-14(3)12-31)7-15(4)29-23(16)32-22-10-19(27)18(26)9-20(22)30-24(17)32/h7-10,13-14H,5-6,11-12H2,1-4H3,(H,28,33)/t13-,14+. The van der Waals surface area contributed by atoms with Crippen molar-refractivity contribution in [3.63, 3.8) is 0 Å². The molecular weight excluding hydrogens is 424 g/mol. The zero-order valence-electron chi connectivity index (χ0n) is 19.2. The fraction of sp³-hybridized carbons (Fsp3) is 0.400. The van der Waals surface area contributed by atoms with Gasteiger partial charge in [-0.2, -0.15) is 0 Å². The molecule has 3 aromatic heterocycles. The number of hydrogen-bond acceptors (Lipinski definition) is 4. The summed E-state index contributed by atoms with van der Waals surface area (Å²) in [5.41, 5.74) is 3.71. The molecular formula is C25H27F2N5O. The zero-order chi connectivity index (χ0) is 23.4. The Morgan fingerprint density at radius 3 is 2.45 bits per heavy atom. The second-order valence-electron chi connectivity index (χ2n) is 9.31. The molecule has 0 saturated carbocycles. The predicted octanol–water partition coefficient (Wildman–Crippen LogP) is 4.85. The molecule has 6 nitrogen and oxygen atoms in total. The van der Waals surface area contributed by atoms with Gasteiger partial charge in [0.15, 0.2) is 17.3 Å². The average Bonchev–Trinajstić information content (AvgIpc) is 3.10. The van der Waals surface area contributed by atoms with Crippen molar-refractivity contribution in [2.45, 2.75) is 34.1 Å². The quantitative estimate of drug-likeness (QED) is 0.484. The van der Waals surface area contributed by atoms with Crippen LogP contribution in [0.5, 0.6) is 0 Å². The lowest BCUT2D eigenvalue weighted by Gasteiger charge is -2.37. The molecule has 0 aliphatic carbocycles. The highest BCUT2D eigenvalue weighted by Crippen LogP contribution is 2.35. The van der Waals surface area contributed by atoms with Crippen molar-refractivity contribution >= 4 is 39.3 Å². The molecule has 1 fully saturated rings. The molecule has 1 N–H and O–H groups in total. The van der Waals surface area contributed by atoms with Crippen molar-refractivity contribution in [3.8, 4) is 0 Å². The third kappa shape index (κ3) is 3.57. The lowest BCUT2D eigenvalue weighted by atomic mass is 9.91. The number of carbonyl (C=O) groups is 1. The second-order valence-corrected chi connectivity index (χ2v) is 9.31. The largest absolute Gasteiger partial charge is 0.370 e. The van der Waals surface area contributed by atoms with Crippen molar-refractivity contribution in [1.82, 2.24) is 19.7 Å². The molecule has 8 heteroatoms. The molecule has 172 valence electrons. The van der Waals surface area contributed by atoms with Crippen LogP contribution >= 0.6 is 0 Å². The number of amides is 1. The highest BCUT2D eigenvalue weighted by atomic mass is 19.2. The molecule has 0 unspecified atom stereocenters. The Hall–Kier alpha value is -3.29. The van der Waals surface area contributed by atoms with Gasteiger partial charge in [-0.3, -0.25) is 9.20 Å². The summed E-state index contributed by atoms with van der Waals surface area (Å²) < 4.78 is 29.9. The van der Waals surface area contributed by atoms with Gasteiger partial charge < -0.3 is 10.2 Å². The number of benzene rings is 1. The summed E-state index contributed by atoms with van der Waals surface area (Å²) in [6.45, 7) is 10.5. The summed E-state index contributed by atoms with van der Waals surface area (Å²) in [6, 6.07) is 6.05. The van der Waals surface area contributed by atoms with Crippen LogP contribution in [0.2, 0.25) is 0 Å². The normalized spacial score (nSPS) is 19.0. The van der Waals surface area contributed by atoms with Gasteiger partial charge in [0.25, 0.3) is 5.91 Å². The van der Waals surface area contributed by atoms with E-state index in [1.54, 1.807) is 4.40 Å². The van der Waals surface area contributed by atoms with E-state index in [2.05, 4.69) is 29.0 Å². The van der Waals surface area contributed by atoms with Gasteiger partial charge in [0.2, 0.25) is 0 Å². The number of aryl methyl sites for hydroxylation is 1. The number of nitrogens with one attached hydrogen (secondary N) is 1. The van der Waals surface area contributed by atoms with Gasteiger partial charge in [0, 0.05) is 48.5 Å². The summed E-state index contributed by atoms with van der Waals surface area (Å²) >= 11 is 0. The third-order valence-electron chi connectivity index (χ3n) is 6.37. The molecule has 1 amide bonds. The Labute approximate surface area is 190 Å². The molecule has 1 aromatic carbocycles. The van der Waals surface area contributed by atoms with Crippen LogP contribution in [0.3, 0.4) is 0 Å². The second kappa shape index (κ2) is 7.93. The molecule has 4 heterocycles. The maximum Gasteiger partial charge on any atom is 0.255 e. The number of halogens is 2. The Morgan fingerprint density at radius 2 is 1.76 bits per heavy atom. The van der Waals surface area contributed by atoms with Crippen LogP contribution in [0.4, 0.5) is 14.5 Å². The van der Waals surface area contributed by atoms with Gasteiger partial charge >= 0.3 is 0 Å². The first-order valence-electron chi connectivity index (χ1n) is 11.4. The highest BCUT2D eigenvalue weighted by Gasteiger charge is 2.26. The molecule has 5 rings (SSSR count). The topological polar surface area (TPSA) is 62.5 Å². The molecule has 1 aliphatic heterocycles. The van der Waals surface area contributed by atoms with Crippen LogP contribution < -0.4 is 10.2 Å². The SMILES string of the molecule is CCNC(=O)c1cc2c(N3C[C@H](C)C[C@H](C)C3)cc(C)nc2n2c1nc1cc(F)c(F)cc12. The molecule has 2 atom stereocenters. The first-order chi connectivity index (χ1) is 15.8. The van der Waals surface area contributed by atoms with E-state index in [0.717, 1.165) is 42.0 Å². The summed E-state index contributed by atoms with van der Waals surface area (Å²) in [5, 5.41) is 3.63. The Kier molecular flexibility index (Phi) is 5.18. The monoisotopic (exact) mass is 451 g/mol. The lowest BCUT2D eigenvalue weighted by molar-refractivity contribution is 0.0957. The molecule has 33 heavy (non-hydrogen) atoms. The van der Waals surface area contributed by atoms with E-state index in [-0.39, 0.29) is 11.4 Å². The molecule has 0 spiro atoms. The Bertz CT molecular complexity index is 1400. The summed E-state index contributed by atoms with van der Waals surface area (Å²) in [4.78, 5) is 24.6. The van der Waals surface area contributed by atoms with Crippen molar-refractivity contribution < 1.29 is 13.6 Å². The van der Waals surface area contributed by atoms with Crippen LogP contribution in [-0.4, -0.2) is 39.9 Å². The fourth-order valence-corrected chi connectivity index (χ4v) is 5.18. The molecule has 4 aromatic rings. The summed E-state index contributed by atoms with van der Waals surface area (Å²) in [7, 11) is 0. The van der Waals surface area contributed by atoms with Crippen molar-refractivity contribution in [1.29, 1.82) is 0 Å². The Morgan fingerprint density at radius 1 is 1.06 bits per heavy atom. The molecule has 1 saturated heterocycles. The highest BCUT2D eigenvalue weighted by molar-refractivity contribution is 6.07. The van der Waals surface area contributed by atoms with Gasteiger partial charge in [-0.05, 0) is 44.2 Å². The smallest absolute Gasteiger partial charge is 0.255 e. The van der Waals surface area contributed by atoms with E-state index in [4.69, 9.17) is 4.98 Å². The minimum atomic E-state index is -0.976. The summed E-state index contributed by atoms with van der Waals surface area (Å²) in [6.07, 6.45) is 1.17. The number of pyridine rings is 2. The number of aromatic nitrogens is 3. The summed E-state index contributed by atoms with van der Waals surface area (Å²) in [5.74, 6) is -1.15. The van der Waals surface area contributed by atoms with Crippen LogP contribution in [0, 0.1) is 30.4 Å². The van der Waals surface area contributed by atoms with E-state index < -0.39 is 11.6 Å². The van der Waals surface area contributed by atoms with E-state index in [0.29, 0.717) is 40.8 Å². The molecule has 0 radical (unpaired) electrons. The van der Waals surface area contributed by atoms with Gasteiger partial charge in [-0.1, -0.05) is 13.8 Å². The number of piperidine rings is 1. The number of fused-ring (bicyclic) bond motifs is 5. The number of rotatable bonds is 3. The number of imidazole rings is 1. The molecule has 0 bridgehead atoms. The van der Waals surface area contributed by atoms with Crippen molar-refractivity contribution in [2.75, 3.05) is 24.5 Å². The first kappa shape index (κ1) is 21.6. The van der Waals surface area contributed by atoms with Crippen LogP contribution in [0.15, 0.2) is 24.3 Å². The number of carbonyl (C=O) groups excluding carboxylic acids is 1. The minimum absolute atomic E-state index is 0.275. The van der Waals surface area contributed by atoms with Crippen LogP contribution in [-0.2, 0) is 0 Å². The van der Waals surface area contributed by atoms with E-state index in [1.165, 1.54) is 6.42 Å². The zero-order valence-corrected chi connectivity index (χ0v) is 19.2. The number of hydrogen-bond donors (Lipinski definition) is 1. The van der Waals surface area contributed by atoms with E-state index in [1.807, 2.05) is 26.0 Å². The Balaban J connectivity index is 1.89. The predicted molar refractivity (Wildman–Crippen MR) is 126 cm³/mol. The van der Waals surface area contributed by atoms with Crippen molar-refractivity contribution in [3.05, 3.63) is 47.2 Å².